The highest BCUT2D eigenvalue weighted by Crippen LogP contribution is 2.36. The summed E-state index contributed by atoms with van der Waals surface area (Å²) in [6.07, 6.45) is 1.75. The van der Waals surface area contributed by atoms with E-state index in [0.717, 1.165) is 34.4 Å². The van der Waals surface area contributed by atoms with E-state index >= 15 is 0 Å². The third kappa shape index (κ3) is 3.39. The Kier molecular flexibility index (Phi) is 5.18. The van der Waals surface area contributed by atoms with Gasteiger partial charge in [-0.05, 0) is 74.5 Å². The second-order valence-electron chi connectivity index (χ2n) is 7.09. The van der Waals surface area contributed by atoms with E-state index in [1.807, 2.05) is 48.7 Å². The van der Waals surface area contributed by atoms with Crippen molar-refractivity contribution in [3.8, 4) is 5.69 Å². The third-order valence-corrected chi connectivity index (χ3v) is 5.96. The molecule has 0 atom stereocenters. The summed E-state index contributed by atoms with van der Waals surface area (Å²) in [5.41, 5.74) is 4.67. The highest BCUT2D eigenvalue weighted by Gasteiger charge is 2.36. The first-order chi connectivity index (χ1) is 14.4. The van der Waals surface area contributed by atoms with Gasteiger partial charge in [-0.1, -0.05) is 30.3 Å². The van der Waals surface area contributed by atoms with Crippen LogP contribution in [0.25, 0.3) is 11.8 Å². The van der Waals surface area contributed by atoms with Gasteiger partial charge in [-0.15, -0.1) is 0 Å². The van der Waals surface area contributed by atoms with Crippen LogP contribution in [-0.4, -0.2) is 21.5 Å². The topological polar surface area (TPSA) is 59.4 Å². The van der Waals surface area contributed by atoms with Crippen molar-refractivity contribution in [2.45, 2.75) is 20.8 Å². The molecule has 0 spiro atoms. The Morgan fingerprint density at radius 2 is 1.63 bits per heavy atom. The molecule has 2 aromatic carbocycles. The number of Topliss-reactive ketones (excluding diaryl/α,β-unsaturated/α-hetero) is 1. The van der Waals surface area contributed by atoms with Crippen LogP contribution in [0, 0.1) is 13.8 Å². The first-order valence-electron chi connectivity index (χ1n) is 9.50. The summed E-state index contributed by atoms with van der Waals surface area (Å²) in [7, 11) is 0. The lowest BCUT2D eigenvalue weighted by atomic mass is 10.1. The van der Waals surface area contributed by atoms with E-state index in [2.05, 4.69) is 0 Å². The molecule has 5 nitrogen and oxygen atoms in total. The molecule has 1 aliphatic rings. The predicted octanol–water partition coefficient (Wildman–Crippen LogP) is 5.54. The average Bonchev–Trinajstić information content (AvgIpc) is 3.17. The van der Waals surface area contributed by atoms with E-state index in [-0.39, 0.29) is 16.9 Å². The minimum atomic E-state index is -0.329. The Bertz CT molecular complexity index is 1210. The number of rotatable bonds is 4. The van der Waals surface area contributed by atoms with Crippen LogP contribution < -0.4 is 4.90 Å². The molecule has 0 bridgehead atoms. The number of carbonyl (C=O) groups is 3. The Morgan fingerprint density at radius 1 is 0.967 bits per heavy atom. The van der Waals surface area contributed by atoms with Gasteiger partial charge in [0.05, 0.1) is 16.3 Å². The maximum absolute atomic E-state index is 12.9. The van der Waals surface area contributed by atoms with Crippen molar-refractivity contribution in [3.63, 3.8) is 0 Å². The first-order valence-corrected chi connectivity index (χ1v) is 10.3. The molecule has 6 heteroatoms. The highest BCUT2D eigenvalue weighted by molar-refractivity contribution is 8.19. The molecule has 150 valence electrons. The Hall–Kier alpha value is -3.38. The quantitative estimate of drug-likeness (QED) is 0.414. The molecule has 0 N–H and O–H groups in total. The standard InChI is InChI=1S/C24H20N2O3S/c1-15-13-18(16(2)25(15)21-12-8-7-11-20(21)17(3)27)14-22-23(28)26(24(29)30-22)19-9-5-4-6-10-19/h4-14H,1-3H3. The number of carbonyl (C=O) groups excluding carboxylic acids is 3. The Balaban J connectivity index is 1.75. The van der Waals surface area contributed by atoms with Gasteiger partial charge in [-0.25, -0.2) is 4.90 Å². The number of ketones is 1. The number of nitrogens with zero attached hydrogens (tertiary/aromatic N) is 2. The SMILES string of the molecule is CC(=O)c1ccccc1-n1c(C)cc(C=C2SC(=O)N(c3ccccc3)C2=O)c1C. The van der Waals surface area contributed by atoms with E-state index in [1.54, 1.807) is 43.3 Å². The number of benzene rings is 2. The lowest BCUT2D eigenvalue weighted by Crippen LogP contribution is -2.27. The van der Waals surface area contributed by atoms with Gasteiger partial charge in [0.1, 0.15) is 0 Å². The maximum Gasteiger partial charge on any atom is 0.298 e. The molecule has 1 saturated heterocycles. The summed E-state index contributed by atoms with van der Waals surface area (Å²) in [6.45, 7) is 5.45. The van der Waals surface area contributed by atoms with Crippen LogP contribution in [0.15, 0.2) is 65.6 Å². The second kappa shape index (κ2) is 7.80. The van der Waals surface area contributed by atoms with Crippen LogP contribution in [0.1, 0.15) is 34.2 Å². The fraction of sp³-hybridized carbons (Fsp3) is 0.125. The van der Waals surface area contributed by atoms with Crippen LogP contribution in [0.3, 0.4) is 0 Å². The first kappa shape index (κ1) is 19.9. The van der Waals surface area contributed by atoms with E-state index in [1.165, 1.54) is 4.90 Å². The zero-order valence-corrected chi connectivity index (χ0v) is 17.7. The summed E-state index contributed by atoms with van der Waals surface area (Å²) >= 11 is 0.934. The zero-order valence-electron chi connectivity index (χ0n) is 16.9. The van der Waals surface area contributed by atoms with Crippen LogP contribution in [0.2, 0.25) is 0 Å². The number of para-hydroxylation sites is 2. The van der Waals surface area contributed by atoms with Crippen molar-refractivity contribution in [1.82, 2.24) is 4.57 Å². The minimum absolute atomic E-state index is 0.0105. The number of imide groups is 1. The number of aryl methyl sites for hydroxylation is 1. The average molecular weight is 417 g/mol. The summed E-state index contributed by atoms with van der Waals surface area (Å²) in [5, 5.41) is -0.312. The molecule has 0 saturated carbocycles. The van der Waals surface area contributed by atoms with E-state index in [0.29, 0.717) is 16.2 Å². The van der Waals surface area contributed by atoms with Crippen LogP contribution in [0.4, 0.5) is 10.5 Å². The van der Waals surface area contributed by atoms with E-state index in [4.69, 9.17) is 0 Å². The fourth-order valence-corrected chi connectivity index (χ4v) is 4.51. The smallest absolute Gasteiger partial charge is 0.298 e. The van der Waals surface area contributed by atoms with Gasteiger partial charge in [0.25, 0.3) is 11.1 Å². The van der Waals surface area contributed by atoms with Crippen LogP contribution in [-0.2, 0) is 4.79 Å². The summed E-state index contributed by atoms with van der Waals surface area (Å²) in [5.74, 6) is -0.339. The summed E-state index contributed by atoms with van der Waals surface area (Å²) in [6, 6.07) is 18.3. The van der Waals surface area contributed by atoms with Gasteiger partial charge in [-0.3, -0.25) is 14.4 Å². The molecule has 4 rings (SSSR count). The third-order valence-electron chi connectivity index (χ3n) is 5.09. The van der Waals surface area contributed by atoms with Crippen LogP contribution >= 0.6 is 11.8 Å². The van der Waals surface area contributed by atoms with Gasteiger partial charge < -0.3 is 4.57 Å². The summed E-state index contributed by atoms with van der Waals surface area (Å²) in [4.78, 5) is 39.0. The fourth-order valence-electron chi connectivity index (χ4n) is 3.68. The molecule has 1 aromatic heterocycles. The monoisotopic (exact) mass is 416 g/mol. The van der Waals surface area contributed by atoms with Gasteiger partial charge >= 0.3 is 0 Å². The predicted molar refractivity (Wildman–Crippen MR) is 120 cm³/mol. The van der Waals surface area contributed by atoms with Crippen molar-refractivity contribution < 1.29 is 14.4 Å². The molecule has 30 heavy (non-hydrogen) atoms. The second-order valence-corrected chi connectivity index (χ2v) is 8.08. The summed E-state index contributed by atoms with van der Waals surface area (Å²) < 4.78 is 2.00. The van der Waals surface area contributed by atoms with Crippen molar-refractivity contribution in [2.24, 2.45) is 0 Å². The molecule has 0 aliphatic carbocycles. The number of hydrogen-bond donors (Lipinski definition) is 0. The van der Waals surface area contributed by atoms with Crippen molar-refractivity contribution in [3.05, 3.63) is 88.1 Å². The normalized spacial score (nSPS) is 15.3. The molecule has 0 unspecified atom stereocenters. The lowest BCUT2D eigenvalue weighted by Gasteiger charge is -2.13. The van der Waals surface area contributed by atoms with Crippen molar-refractivity contribution in [2.75, 3.05) is 4.90 Å². The lowest BCUT2D eigenvalue weighted by molar-refractivity contribution is -0.113. The minimum Gasteiger partial charge on any atom is -0.317 e. The molecular formula is C24H20N2O3S. The number of thioether (sulfide) groups is 1. The van der Waals surface area contributed by atoms with Crippen molar-refractivity contribution in [1.29, 1.82) is 0 Å². The molecular weight excluding hydrogens is 396 g/mol. The zero-order chi connectivity index (χ0) is 21.4. The Labute approximate surface area is 179 Å². The van der Waals surface area contributed by atoms with Gasteiger partial charge in [0, 0.05) is 17.0 Å². The maximum atomic E-state index is 12.9. The van der Waals surface area contributed by atoms with E-state index < -0.39 is 0 Å². The van der Waals surface area contributed by atoms with Gasteiger partial charge in [-0.2, -0.15) is 0 Å². The number of amides is 2. The number of anilines is 1. The van der Waals surface area contributed by atoms with Gasteiger partial charge in [0.15, 0.2) is 5.78 Å². The van der Waals surface area contributed by atoms with Gasteiger partial charge in [0.2, 0.25) is 0 Å². The highest BCUT2D eigenvalue weighted by atomic mass is 32.2. The molecule has 2 heterocycles. The Morgan fingerprint density at radius 3 is 2.33 bits per heavy atom. The largest absolute Gasteiger partial charge is 0.317 e. The molecule has 2 amide bonds. The van der Waals surface area contributed by atoms with E-state index in [9.17, 15) is 14.4 Å². The molecule has 1 aliphatic heterocycles. The molecule has 1 fully saturated rings. The number of aromatic nitrogens is 1. The molecule has 0 radical (unpaired) electrons. The number of hydrogen-bond acceptors (Lipinski definition) is 4. The molecule has 3 aromatic rings. The van der Waals surface area contributed by atoms with Crippen molar-refractivity contribution >= 4 is 40.5 Å². The van der Waals surface area contributed by atoms with Crippen LogP contribution in [0.5, 0.6) is 0 Å².